The second kappa shape index (κ2) is 7.59. The number of carboxylic acid groups (broad SMARTS) is 1. The van der Waals surface area contributed by atoms with E-state index < -0.39 is 11.9 Å². The molecule has 6 heteroatoms. The lowest BCUT2D eigenvalue weighted by Gasteiger charge is -2.57. The molecule has 162 valence electrons. The maximum Gasteiger partial charge on any atom is 0.335 e. The second-order valence-electron chi connectivity index (χ2n) is 9.48. The molecule has 0 unspecified atom stereocenters. The lowest BCUT2D eigenvalue weighted by molar-refractivity contribution is -0.00630. The van der Waals surface area contributed by atoms with Crippen molar-refractivity contribution in [1.29, 1.82) is 0 Å². The molecule has 4 bridgehead atoms. The highest BCUT2D eigenvalue weighted by atomic mass is 16.7. The minimum absolute atomic E-state index is 0.132. The average Bonchev–Trinajstić information content (AvgIpc) is 2.76. The number of hydrogen-bond acceptors (Lipinski definition) is 4. The molecule has 0 aromatic heterocycles. The number of rotatable bonds is 6. The van der Waals surface area contributed by atoms with Crippen LogP contribution >= 0.6 is 0 Å². The topological polar surface area (TPSA) is 84.9 Å². The number of amides is 1. The first-order chi connectivity index (χ1) is 15.0. The van der Waals surface area contributed by atoms with Gasteiger partial charge in [-0.25, -0.2) is 4.79 Å². The Morgan fingerprint density at radius 1 is 0.935 bits per heavy atom. The number of carbonyl (C=O) groups is 2. The summed E-state index contributed by atoms with van der Waals surface area (Å²) < 4.78 is 5.72. The Balaban J connectivity index is 1.34. The van der Waals surface area contributed by atoms with Crippen molar-refractivity contribution < 1.29 is 24.3 Å². The number of benzene rings is 2. The molecule has 0 spiro atoms. The van der Waals surface area contributed by atoms with E-state index in [9.17, 15) is 9.59 Å². The van der Waals surface area contributed by atoms with Crippen molar-refractivity contribution in [3.63, 3.8) is 0 Å². The third-order valence-corrected chi connectivity index (χ3v) is 7.44. The standard InChI is InChI=1S/C25H27NO5/c1-30-22-7-6-20(31-26-23(27)18-2-4-19(5-3-18)24(28)29)11-21(22)25-12-15-8-16(13-25)10-17(9-15)14-25/h2-7,11,15-17H,8-10,12-14H2,1H3,(H,26,27)(H,28,29). The summed E-state index contributed by atoms with van der Waals surface area (Å²) in [6, 6.07) is 11.5. The second-order valence-corrected chi connectivity index (χ2v) is 9.48. The van der Waals surface area contributed by atoms with E-state index in [1.165, 1.54) is 68.4 Å². The Morgan fingerprint density at radius 2 is 1.52 bits per heavy atom. The quantitative estimate of drug-likeness (QED) is 0.667. The van der Waals surface area contributed by atoms with Crippen LogP contribution < -0.4 is 15.1 Å². The highest BCUT2D eigenvalue weighted by Crippen LogP contribution is 2.62. The zero-order valence-corrected chi connectivity index (χ0v) is 17.6. The van der Waals surface area contributed by atoms with Gasteiger partial charge in [-0.3, -0.25) is 4.79 Å². The van der Waals surface area contributed by atoms with Gasteiger partial charge in [0, 0.05) is 11.1 Å². The Kier molecular flexibility index (Phi) is 4.88. The fourth-order valence-corrected chi connectivity index (χ4v) is 6.53. The zero-order chi connectivity index (χ0) is 21.6. The molecular formula is C25H27NO5. The molecule has 0 atom stereocenters. The van der Waals surface area contributed by atoms with Crippen molar-refractivity contribution in [2.45, 2.75) is 43.9 Å². The first-order valence-electron chi connectivity index (χ1n) is 10.9. The monoisotopic (exact) mass is 421 g/mol. The zero-order valence-electron chi connectivity index (χ0n) is 17.6. The number of aromatic carboxylic acids is 1. The molecule has 0 saturated heterocycles. The predicted octanol–water partition coefficient (Wildman–Crippen LogP) is 4.59. The van der Waals surface area contributed by atoms with Gasteiger partial charge < -0.3 is 14.7 Å². The van der Waals surface area contributed by atoms with Crippen molar-refractivity contribution in [2.24, 2.45) is 17.8 Å². The first-order valence-corrected chi connectivity index (χ1v) is 10.9. The summed E-state index contributed by atoms with van der Waals surface area (Å²) in [6.45, 7) is 0. The minimum Gasteiger partial charge on any atom is -0.496 e. The van der Waals surface area contributed by atoms with Gasteiger partial charge >= 0.3 is 5.97 Å². The van der Waals surface area contributed by atoms with Gasteiger partial charge in [0.05, 0.1) is 12.7 Å². The SMILES string of the molecule is COc1ccc(ONC(=O)c2ccc(C(=O)O)cc2)cc1C12CC3CC(CC(C3)C1)C2. The molecular weight excluding hydrogens is 394 g/mol. The van der Waals surface area contributed by atoms with Gasteiger partial charge in [-0.2, -0.15) is 5.48 Å². The third-order valence-electron chi connectivity index (χ3n) is 7.44. The summed E-state index contributed by atoms with van der Waals surface area (Å²) >= 11 is 0. The lowest BCUT2D eigenvalue weighted by Crippen LogP contribution is -2.48. The Bertz CT molecular complexity index is 978. The largest absolute Gasteiger partial charge is 0.496 e. The Morgan fingerprint density at radius 3 is 2.06 bits per heavy atom. The van der Waals surface area contributed by atoms with Gasteiger partial charge in [-0.1, -0.05) is 0 Å². The van der Waals surface area contributed by atoms with Gasteiger partial charge in [0.25, 0.3) is 5.91 Å². The van der Waals surface area contributed by atoms with E-state index in [-0.39, 0.29) is 11.0 Å². The summed E-state index contributed by atoms with van der Waals surface area (Å²) in [4.78, 5) is 29.0. The van der Waals surface area contributed by atoms with E-state index in [1.807, 2.05) is 12.1 Å². The summed E-state index contributed by atoms with van der Waals surface area (Å²) in [5.41, 5.74) is 4.29. The fourth-order valence-electron chi connectivity index (χ4n) is 6.53. The van der Waals surface area contributed by atoms with E-state index in [0.717, 1.165) is 23.5 Å². The van der Waals surface area contributed by atoms with E-state index in [0.29, 0.717) is 11.3 Å². The van der Waals surface area contributed by atoms with Gasteiger partial charge in [0.2, 0.25) is 0 Å². The van der Waals surface area contributed by atoms with Crippen LogP contribution in [0.25, 0.3) is 0 Å². The van der Waals surface area contributed by atoms with E-state index >= 15 is 0 Å². The number of hydroxylamine groups is 1. The molecule has 2 aromatic rings. The molecule has 1 amide bonds. The van der Waals surface area contributed by atoms with Crippen molar-refractivity contribution in [3.8, 4) is 11.5 Å². The van der Waals surface area contributed by atoms with Crippen LogP contribution in [0.2, 0.25) is 0 Å². The number of carboxylic acids is 1. The van der Waals surface area contributed by atoms with Gasteiger partial charge in [-0.15, -0.1) is 0 Å². The van der Waals surface area contributed by atoms with Crippen LogP contribution in [-0.2, 0) is 5.41 Å². The van der Waals surface area contributed by atoms with Gasteiger partial charge in [0.1, 0.15) is 5.75 Å². The smallest absolute Gasteiger partial charge is 0.335 e. The van der Waals surface area contributed by atoms with Crippen LogP contribution in [0.15, 0.2) is 42.5 Å². The number of ether oxygens (including phenoxy) is 1. The van der Waals surface area contributed by atoms with E-state index in [1.54, 1.807) is 13.2 Å². The number of carbonyl (C=O) groups excluding carboxylic acids is 1. The maximum atomic E-state index is 12.4. The fraction of sp³-hybridized carbons (Fsp3) is 0.440. The molecule has 4 saturated carbocycles. The van der Waals surface area contributed by atoms with Crippen molar-refractivity contribution in [2.75, 3.05) is 7.11 Å². The van der Waals surface area contributed by atoms with Crippen molar-refractivity contribution in [1.82, 2.24) is 5.48 Å². The van der Waals surface area contributed by atoms with E-state index in [4.69, 9.17) is 14.7 Å². The minimum atomic E-state index is -1.03. The molecule has 4 aliphatic rings. The predicted molar refractivity (Wildman–Crippen MR) is 114 cm³/mol. The molecule has 31 heavy (non-hydrogen) atoms. The molecule has 0 radical (unpaired) electrons. The molecule has 2 N–H and O–H groups in total. The molecule has 6 rings (SSSR count). The van der Waals surface area contributed by atoms with Crippen LogP contribution in [-0.4, -0.2) is 24.1 Å². The molecule has 0 heterocycles. The number of nitrogens with one attached hydrogen (secondary N) is 1. The van der Waals surface area contributed by atoms with Crippen LogP contribution in [0.1, 0.15) is 64.8 Å². The summed E-state index contributed by atoms with van der Waals surface area (Å²) in [5, 5.41) is 8.99. The average molecular weight is 421 g/mol. The third kappa shape index (κ3) is 3.64. The number of hydrogen-bond donors (Lipinski definition) is 2. The summed E-state index contributed by atoms with van der Waals surface area (Å²) in [7, 11) is 1.71. The van der Waals surface area contributed by atoms with Gasteiger partial charge in [0.15, 0.2) is 5.75 Å². The van der Waals surface area contributed by atoms with E-state index in [2.05, 4.69) is 5.48 Å². The Labute approximate surface area is 181 Å². The van der Waals surface area contributed by atoms with Crippen molar-refractivity contribution in [3.05, 3.63) is 59.2 Å². The first kappa shape index (κ1) is 19.9. The number of methoxy groups -OCH3 is 1. The highest BCUT2D eigenvalue weighted by molar-refractivity contribution is 5.95. The molecule has 4 fully saturated rings. The molecule has 4 aliphatic carbocycles. The Hall–Kier alpha value is -3.02. The lowest BCUT2D eigenvalue weighted by atomic mass is 9.48. The van der Waals surface area contributed by atoms with Gasteiger partial charge in [-0.05, 0) is 104 Å². The normalized spacial score (nSPS) is 28.2. The summed E-state index contributed by atoms with van der Waals surface area (Å²) in [6.07, 6.45) is 7.74. The maximum absolute atomic E-state index is 12.4. The van der Waals surface area contributed by atoms with Crippen LogP contribution in [0.4, 0.5) is 0 Å². The van der Waals surface area contributed by atoms with Crippen LogP contribution in [0, 0.1) is 17.8 Å². The van der Waals surface area contributed by atoms with Crippen LogP contribution in [0.3, 0.4) is 0 Å². The molecule has 0 aliphatic heterocycles. The molecule has 6 nitrogen and oxygen atoms in total. The molecule has 2 aromatic carbocycles. The summed E-state index contributed by atoms with van der Waals surface area (Å²) in [5.74, 6) is 2.45. The highest BCUT2D eigenvalue weighted by Gasteiger charge is 2.52. The van der Waals surface area contributed by atoms with Crippen LogP contribution in [0.5, 0.6) is 11.5 Å². The van der Waals surface area contributed by atoms with Crippen molar-refractivity contribution >= 4 is 11.9 Å².